The molecule has 0 radical (unpaired) electrons. The van der Waals surface area contributed by atoms with Crippen LogP contribution in [0.1, 0.15) is 29.7 Å². The Hall–Kier alpha value is -3.54. The lowest BCUT2D eigenvalue weighted by atomic mass is 9.93. The van der Waals surface area contributed by atoms with Gasteiger partial charge in [0.2, 0.25) is 5.91 Å². The number of fused-ring (bicyclic) bond motifs is 2. The predicted octanol–water partition coefficient (Wildman–Crippen LogP) is 3.02. The van der Waals surface area contributed by atoms with Gasteiger partial charge < -0.3 is 19.5 Å². The van der Waals surface area contributed by atoms with E-state index in [0.717, 1.165) is 10.9 Å². The molecule has 3 aromatic rings. The monoisotopic (exact) mass is 418 g/mol. The highest BCUT2D eigenvalue weighted by atomic mass is 16.5. The molecule has 1 aliphatic rings. The van der Waals surface area contributed by atoms with Crippen molar-refractivity contribution in [2.75, 3.05) is 38.4 Å². The predicted molar refractivity (Wildman–Crippen MR) is 114 cm³/mol. The number of nitrogens with one attached hydrogen (secondary N) is 1. The number of ether oxygens (including phenoxy) is 3. The number of carbonyl (C=O) groups is 1. The van der Waals surface area contributed by atoms with E-state index in [1.54, 1.807) is 18.2 Å². The third kappa shape index (κ3) is 4.48. The summed E-state index contributed by atoms with van der Waals surface area (Å²) in [6.07, 6.45) is 1.45. The highest BCUT2D eigenvalue weighted by molar-refractivity contribution is 6.06. The summed E-state index contributed by atoms with van der Waals surface area (Å²) >= 11 is 0. The van der Waals surface area contributed by atoms with Crippen LogP contribution in [0.2, 0.25) is 0 Å². The van der Waals surface area contributed by atoms with Gasteiger partial charge in [0, 0.05) is 17.7 Å². The van der Waals surface area contributed by atoms with E-state index in [0.29, 0.717) is 61.2 Å². The Labute approximate surface area is 179 Å². The second kappa shape index (κ2) is 9.51. The van der Waals surface area contributed by atoms with Crippen molar-refractivity contribution >= 4 is 22.5 Å². The molecular weight excluding hydrogens is 396 g/mol. The van der Waals surface area contributed by atoms with E-state index in [1.165, 1.54) is 6.33 Å². The van der Waals surface area contributed by atoms with Crippen LogP contribution in [0.15, 0.2) is 42.7 Å². The zero-order chi connectivity index (χ0) is 21.6. The number of aromatic nitrogens is 2. The normalized spacial score (nSPS) is 14.8. The summed E-state index contributed by atoms with van der Waals surface area (Å²) in [7, 11) is 0. The Morgan fingerprint density at radius 2 is 1.90 bits per heavy atom. The number of benzene rings is 2. The van der Waals surface area contributed by atoms with Gasteiger partial charge in [-0.15, -0.1) is 0 Å². The first kappa shape index (κ1) is 20.7. The van der Waals surface area contributed by atoms with Gasteiger partial charge in [-0.1, -0.05) is 0 Å². The zero-order valence-corrected chi connectivity index (χ0v) is 17.1. The van der Waals surface area contributed by atoms with Crippen LogP contribution in [0, 0.1) is 11.3 Å². The average Bonchev–Trinajstić information content (AvgIpc) is 3.12. The van der Waals surface area contributed by atoms with Gasteiger partial charge in [-0.3, -0.25) is 4.79 Å². The van der Waals surface area contributed by atoms with Gasteiger partial charge in [0.1, 0.15) is 24.6 Å². The van der Waals surface area contributed by atoms with Crippen molar-refractivity contribution in [1.29, 1.82) is 5.26 Å². The van der Waals surface area contributed by atoms with Crippen LogP contribution in [0.3, 0.4) is 0 Å². The van der Waals surface area contributed by atoms with Gasteiger partial charge in [0.05, 0.1) is 42.7 Å². The van der Waals surface area contributed by atoms with E-state index < -0.39 is 5.92 Å². The number of hydrogen-bond acceptors (Lipinski definition) is 7. The van der Waals surface area contributed by atoms with Crippen LogP contribution in [-0.2, 0) is 14.3 Å². The third-order valence-electron chi connectivity index (χ3n) is 5.00. The topological polar surface area (TPSA) is 106 Å². The van der Waals surface area contributed by atoms with Crippen molar-refractivity contribution in [3.05, 3.63) is 59.5 Å². The number of amides is 1. The van der Waals surface area contributed by atoms with Crippen molar-refractivity contribution in [3.8, 4) is 11.8 Å². The largest absolute Gasteiger partial charge is 0.491 e. The van der Waals surface area contributed by atoms with E-state index in [2.05, 4.69) is 21.4 Å². The maximum Gasteiger partial charge on any atom is 0.238 e. The van der Waals surface area contributed by atoms with Gasteiger partial charge in [-0.2, -0.15) is 5.26 Å². The average molecular weight is 418 g/mol. The van der Waals surface area contributed by atoms with Crippen molar-refractivity contribution in [1.82, 2.24) is 9.97 Å². The first-order valence-electron chi connectivity index (χ1n) is 10.1. The SMILES string of the molecule is CCOCCOCCOc1ccc2ncnc(C3C(=O)Nc4ccc(C#N)cc43)c2c1. The van der Waals surface area contributed by atoms with E-state index >= 15 is 0 Å². The molecule has 31 heavy (non-hydrogen) atoms. The number of rotatable bonds is 9. The molecule has 4 rings (SSSR count). The second-order valence-electron chi connectivity index (χ2n) is 6.93. The first-order chi connectivity index (χ1) is 15.2. The molecule has 0 bridgehead atoms. The minimum atomic E-state index is -0.619. The summed E-state index contributed by atoms with van der Waals surface area (Å²) in [5.41, 5.74) is 3.21. The first-order valence-corrected chi connectivity index (χ1v) is 10.1. The van der Waals surface area contributed by atoms with E-state index in [4.69, 9.17) is 14.2 Å². The molecule has 158 valence electrons. The Balaban J connectivity index is 1.56. The minimum absolute atomic E-state index is 0.181. The molecule has 1 amide bonds. The van der Waals surface area contributed by atoms with Crippen molar-refractivity contribution < 1.29 is 19.0 Å². The second-order valence-corrected chi connectivity index (χ2v) is 6.93. The molecule has 2 heterocycles. The Morgan fingerprint density at radius 1 is 1.06 bits per heavy atom. The molecule has 1 aromatic heterocycles. The molecular formula is C23H22N4O4. The van der Waals surface area contributed by atoms with Crippen LogP contribution in [0.25, 0.3) is 10.9 Å². The summed E-state index contributed by atoms with van der Waals surface area (Å²) in [4.78, 5) is 21.5. The van der Waals surface area contributed by atoms with Gasteiger partial charge in [0.15, 0.2) is 0 Å². The Bertz CT molecular complexity index is 1140. The fourth-order valence-electron chi connectivity index (χ4n) is 3.56. The number of nitrogens with zero attached hydrogens (tertiary/aromatic N) is 3. The van der Waals surface area contributed by atoms with Crippen molar-refractivity contribution in [2.45, 2.75) is 12.8 Å². The van der Waals surface area contributed by atoms with Gasteiger partial charge in [0.25, 0.3) is 0 Å². The maximum absolute atomic E-state index is 12.8. The molecule has 0 spiro atoms. The Kier molecular flexibility index (Phi) is 6.36. The van der Waals surface area contributed by atoms with Crippen molar-refractivity contribution in [2.24, 2.45) is 0 Å². The molecule has 1 atom stereocenters. The number of anilines is 1. The number of nitriles is 1. The van der Waals surface area contributed by atoms with Gasteiger partial charge >= 0.3 is 0 Å². The van der Waals surface area contributed by atoms with Crippen LogP contribution in [0.5, 0.6) is 5.75 Å². The molecule has 1 N–H and O–H groups in total. The molecule has 1 aliphatic heterocycles. The third-order valence-corrected chi connectivity index (χ3v) is 5.00. The minimum Gasteiger partial charge on any atom is -0.491 e. The van der Waals surface area contributed by atoms with Crippen LogP contribution in [-0.4, -0.2) is 48.9 Å². The molecule has 0 fully saturated rings. The summed E-state index contributed by atoms with van der Waals surface area (Å²) in [6, 6.07) is 12.8. The van der Waals surface area contributed by atoms with Crippen molar-refractivity contribution in [3.63, 3.8) is 0 Å². The summed E-state index contributed by atoms with van der Waals surface area (Å²) in [5, 5.41) is 12.9. The molecule has 0 saturated heterocycles. The molecule has 8 heteroatoms. The zero-order valence-electron chi connectivity index (χ0n) is 17.1. The lowest BCUT2D eigenvalue weighted by Gasteiger charge is -2.13. The maximum atomic E-state index is 12.8. The summed E-state index contributed by atoms with van der Waals surface area (Å²) < 4.78 is 16.5. The molecule has 1 unspecified atom stereocenters. The van der Waals surface area contributed by atoms with E-state index in [1.807, 2.05) is 25.1 Å². The summed E-state index contributed by atoms with van der Waals surface area (Å²) in [5.74, 6) is -0.161. The number of hydrogen-bond donors (Lipinski definition) is 1. The van der Waals surface area contributed by atoms with Crippen LogP contribution >= 0.6 is 0 Å². The van der Waals surface area contributed by atoms with Crippen LogP contribution in [0.4, 0.5) is 5.69 Å². The molecule has 0 aliphatic carbocycles. The summed E-state index contributed by atoms with van der Waals surface area (Å²) in [6.45, 7) is 4.52. The lowest BCUT2D eigenvalue weighted by molar-refractivity contribution is -0.116. The molecule has 2 aromatic carbocycles. The lowest BCUT2D eigenvalue weighted by Crippen LogP contribution is -2.15. The van der Waals surface area contributed by atoms with E-state index in [-0.39, 0.29) is 5.91 Å². The number of carbonyl (C=O) groups excluding carboxylic acids is 1. The smallest absolute Gasteiger partial charge is 0.238 e. The fourth-order valence-corrected chi connectivity index (χ4v) is 3.56. The van der Waals surface area contributed by atoms with Gasteiger partial charge in [-0.05, 0) is 48.9 Å². The quantitative estimate of drug-likeness (QED) is 0.532. The van der Waals surface area contributed by atoms with E-state index in [9.17, 15) is 10.1 Å². The fraction of sp³-hybridized carbons (Fsp3) is 0.304. The highest BCUT2D eigenvalue weighted by Gasteiger charge is 2.34. The Morgan fingerprint density at radius 3 is 2.74 bits per heavy atom. The molecule has 8 nitrogen and oxygen atoms in total. The highest BCUT2D eigenvalue weighted by Crippen LogP contribution is 2.39. The standard InChI is InChI=1S/C23H22N4O4/c1-2-29-7-8-30-9-10-31-16-4-6-19-18(12-16)22(26-14-25-19)21-17-11-15(13-24)3-5-20(17)27-23(21)28/h3-6,11-12,14,21H,2,7-10H2,1H3,(H,27,28). The van der Waals surface area contributed by atoms with Crippen LogP contribution < -0.4 is 10.1 Å². The van der Waals surface area contributed by atoms with Gasteiger partial charge in [-0.25, -0.2) is 9.97 Å². The molecule has 0 saturated carbocycles.